The molecule has 0 radical (unpaired) electrons. The highest BCUT2D eigenvalue weighted by Crippen LogP contribution is 2.36. The van der Waals surface area contributed by atoms with Crippen molar-refractivity contribution in [2.75, 3.05) is 6.61 Å². The predicted molar refractivity (Wildman–Crippen MR) is 61.9 cm³/mol. The lowest BCUT2D eigenvalue weighted by Gasteiger charge is -2.29. The third kappa shape index (κ3) is 2.08. The Labute approximate surface area is 96.2 Å². The molecule has 0 aromatic rings. The van der Waals surface area contributed by atoms with Gasteiger partial charge >= 0.3 is 5.97 Å². The van der Waals surface area contributed by atoms with Crippen LogP contribution >= 0.6 is 0 Å². The lowest BCUT2D eigenvalue weighted by molar-refractivity contribution is -0.155. The number of ether oxygens (including phenoxy) is 1. The third-order valence-electron chi connectivity index (χ3n) is 2.88. The van der Waals surface area contributed by atoms with Gasteiger partial charge in [-0.3, -0.25) is 9.59 Å². The van der Waals surface area contributed by atoms with Crippen molar-refractivity contribution in [2.45, 2.75) is 33.6 Å². The van der Waals surface area contributed by atoms with Crippen LogP contribution in [0.4, 0.5) is 0 Å². The Bertz CT molecular complexity index is 352. The van der Waals surface area contributed by atoms with E-state index in [1.165, 1.54) is 6.08 Å². The summed E-state index contributed by atoms with van der Waals surface area (Å²) in [4.78, 5) is 23.8. The minimum Gasteiger partial charge on any atom is -0.465 e. The van der Waals surface area contributed by atoms with Gasteiger partial charge in [-0.05, 0) is 38.3 Å². The number of hydrogen-bond donors (Lipinski definition) is 0. The molecular formula is C13H18O3. The third-order valence-corrected chi connectivity index (χ3v) is 2.88. The van der Waals surface area contributed by atoms with Crippen molar-refractivity contribution in [1.82, 2.24) is 0 Å². The van der Waals surface area contributed by atoms with Crippen LogP contribution in [-0.2, 0) is 14.3 Å². The fourth-order valence-corrected chi connectivity index (χ4v) is 1.86. The highest BCUT2D eigenvalue weighted by Gasteiger charge is 2.45. The van der Waals surface area contributed by atoms with E-state index in [0.717, 1.165) is 12.0 Å². The maximum Gasteiger partial charge on any atom is 0.323 e. The molecule has 0 spiro atoms. The molecule has 0 bridgehead atoms. The molecule has 0 aromatic carbocycles. The van der Waals surface area contributed by atoms with Crippen LogP contribution in [0.3, 0.4) is 0 Å². The van der Waals surface area contributed by atoms with Crippen LogP contribution in [0, 0.1) is 5.41 Å². The molecule has 0 amide bonds. The van der Waals surface area contributed by atoms with Crippen LogP contribution in [0.15, 0.2) is 23.8 Å². The summed E-state index contributed by atoms with van der Waals surface area (Å²) in [5.41, 5.74) is -0.262. The molecule has 3 nitrogen and oxygen atoms in total. The van der Waals surface area contributed by atoms with Gasteiger partial charge in [-0.15, -0.1) is 0 Å². The summed E-state index contributed by atoms with van der Waals surface area (Å²) >= 11 is 0. The van der Waals surface area contributed by atoms with Crippen molar-refractivity contribution >= 4 is 11.8 Å². The standard InChI is InChI=1S/C13H18O3/c1-4-7-10-8-6-9-11(14)13(10,3)12(15)16-5-2/h6-7,9H,4-5,8H2,1-3H3/b10-7+. The summed E-state index contributed by atoms with van der Waals surface area (Å²) in [6, 6.07) is 0. The van der Waals surface area contributed by atoms with Crippen LogP contribution in [0.1, 0.15) is 33.6 Å². The Balaban J connectivity index is 3.12. The molecule has 0 aromatic heterocycles. The molecule has 0 aliphatic heterocycles. The normalized spacial score (nSPS) is 27.2. The van der Waals surface area contributed by atoms with Crippen LogP contribution < -0.4 is 0 Å². The molecule has 1 aliphatic rings. The van der Waals surface area contributed by atoms with Gasteiger partial charge < -0.3 is 4.74 Å². The monoisotopic (exact) mass is 222 g/mol. The molecule has 3 heteroatoms. The first kappa shape index (κ1) is 12.7. The van der Waals surface area contributed by atoms with Gasteiger partial charge in [0.25, 0.3) is 0 Å². The minimum absolute atomic E-state index is 0.183. The van der Waals surface area contributed by atoms with Crippen LogP contribution in [0.5, 0.6) is 0 Å². The van der Waals surface area contributed by atoms with E-state index in [2.05, 4.69) is 0 Å². The van der Waals surface area contributed by atoms with Crippen molar-refractivity contribution in [3.8, 4) is 0 Å². The van der Waals surface area contributed by atoms with Crippen LogP contribution in [-0.4, -0.2) is 18.4 Å². The van der Waals surface area contributed by atoms with Gasteiger partial charge in [0.05, 0.1) is 6.61 Å². The van der Waals surface area contributed by atoms with Crippen LogP contribution in [0.2, 0.25) is 0 Å². The average molecular weight is 222 g/mol. The van der Waals surface area contributed by atoms with Gasteiger partial charge in [-0.2, -0.15) is 0 Å². The number of carbonyl (C=O) groups is 2. The first-order valence-corrected chi connectivity index (χ1v) is 5.65. The first-order valence-electron chi connectivity index (χ1n) is 5.65. The smallest absolute Gasteiger partial charge is 0.323 e. The first-order chi connectivity index (χ1) is 7.57. The van der Waals surface area contributed by atoms with E-state index in [4.69, 9.17) is 4.74 Å². The average Bonchev–Trinajstić information content (AvgIpc) is 2.25. The Hall–Kier alpha value is -1.38. The highest BCUT2D eigenvalue weighted by molar-refractivity contribution is 6.12. The molecule has 0 fully saturated rings. The minimum atomic E-state index is -1.11. The zero-order valence-corrected chi connectivity index (χ0v) is 10.1. The van der Waals surface area contributed by atoms with E-state index < -0.39 is 11.4 Å². The van der Waals surface area contributed by atoms with E-state index in [1.54, 1.807) is 19.9 Å². The SMILES string of the molecule is CC/C=C1\CC=CC(=O)C1(C)C(=O)OCC. The molecule has 1 aliphatic carbocycles. The van der Waals surface area contributed by atoms with Gasteiger partial charge in [0.2, 0.25) is 0 Å². The molecule has 0 saturated heterocycles. The number of hydrogen-bond acceptors (Lipinski definition) is 3. The summed E-state index contributed by atoms with van der Waals surface area (Å²) in [7, 11) is 0. The number of carbonyl (C=O) groups excluding carboxylic acids is 2. The molecule has 0 N–H and O–H groups in total. The number of rotatable bonds is 3. The molecule has 1 atom stereocenters. The summed E-state index contributed by atoms with van der Waals surface area (Å²) in [5.74, 6) is -0.624. The molecular weight excluding hydrogens is 204 g/mol. The summed E-state index contributed by atoms with van der Waals surface area (Å²) in [5, 5.41) is 0. The zero-order valence-electron chi connectivity index (χ0n) is 10.1. The van der Waals surface area contributed by atoms with Gasteiger partial charge in [-0.1, -0.05) is 19.1 Å². The molecule has 1 unspecified atom stereocenters. The van der Waals surface area contributed by atoms with Crippen LogP contribution in [0.25, 0.3) is 0 Å². The highest BCUT2D eigenvalue weighted by atomic mass is 16.5. The molecule has 16 heavy (non-hydrogen) atoms. The maximum atomic E-state index is 11.9. The fraction of sp³-hybridized carbons (Fsp3) is 0.538. The summed E-state index contributed by atoms with van der Waals surface area (Å²) in [6.45, 7) is 5.68. The second-order valence-electron chi connectivity index (χ2n) is 3.95. The van der Waals surface area contributed by atoms with Gasteiger partial charge in [-0.25, -0.2) is 0 Å². The van der Waals surface area contributed by atoms with Gasteiger partial charge in [0.1, 0.15) is 5.41 Å². The van der Waals surface area contributed by atoms with Crippen molar-refractivity contribution in [3.63, 3.8) is 0 Å². The largest absolute Gasteiger partial charge is 0.465 e. The number of esters is 1. The summed E-state index contributed by atoms with van der Waals surface area (Å²) < 4.78 is 5.00. The quantitative estimate of drug-likeness (QED) is 0.418. The summed E-state index contributed by atoms with van der Waals surface area (Å²) in [6.07, 6.45) is 6.67. The zero-order chi connectivity index (χ0) is 12.2. The van der Waals surface area contributed by atoms with Crippen molar-refractivity contribution in [1.29, 1.82) is 0 Å². The van der Waals surface area contributed by atoms with Gasteiger partial charge in [0, 0.05) is 0 Å². The van der Waals surface area contributed by atoms with Crippen molar-refractivity contribution in [3.05, 3.63) is 23.8 Å². The second-order valence-corrected chi connectivity index (χ2v) is 3.95. The fourth-order valence-electron chi connectivity index (χ4n) is 1.86. The Kier molecular flexibility index (Phi) is 4.05. The lowest BCUT2D eigenvalue weighted by Crippen LogP contribution is -2.40. The second kappa shape index (κ2) is 5.10. The maximum absolute atomic E-state index is 11.9. The van der Waals surface area contributed by atoms with E-state index in [-0.39, 0.29) is 5.78 Å². The van der Waals surface area contributed by atoms with Gasteiger partial charge in [0.15, 0.2) is 5.78 Å². The van der Waals surface area contributed by atoms with Crippen molar-refractivity contribution in [2.24, 2.45) is 5.41 Å². The lowest BCUT2D eigenvalue weighted by atomic mass is 9.73. The predicted octanol–water partition coefficient (Wildman–Crippen LogP) is 2.42. The Morgan fingerprint density at radius 1 is 1.56 bits per heavy atom. The molecule has 0 saturated carbocycles. The Morgan fingerprint density at radius 3 is 2.81 bits per heavy atom. The van der Waals surface area contributed by atoms with E-state index in [9.17, 15) is 9.59 Å². The Morgan fingerprint density at radius 2 is 2.25 bits per heavy atom. The van der Waals surface area contributed by atoms with Crippen molar-refractivity contribution < 1.29 is 14.3 Å². The topological polar surface area (TPSA) is 43.4 Å². The van der Waals surface area contributed by atoms with E-state index in [1.807, 2.05) is 13.0 Å². The van der Waals surface area contributed by atoms with E-state index >= 15 is 0 Å². The molecule has 1 rings (SSSR count). The van der Waals surface area contributed by atoms with E-state index in [0.29, 0.717) is 13.0 Å². The number of ketones is 1. The molecule has 0 heterocycles. The molecule has 88 valence electrons. The number of allylic oxidation sites excluding steroid dienone is 3.